The first-order valence-corrected chi connectivity index (χ1v) is 10.5. The number of rotatable bonds is 10. The minimum atomic E-state index is -0.218. The van der Waals surface area contributed by atoms with Crippen LogP contribution < -0.4 is 14.8 Å². The van der Waals surface area contributed by atoms with Gasteiger partial charge >= 0.3 is 5.97 Å². The van der Waals surface area contributed by atoms with Crippen LogP contribution in [0.1, 0.15) is 57.9 Å². The maximum atomic E-state index is 12.2. The number of amides is 1. The summed E-state index contributed by atoms with van der Waals surface area (Å²) >= 11 is 0. The number of hydrogen-bond acceptors (Lipinski definition) is 5. The monoisotopic (exact) mass is 403 g/mol. The van der Waals surface area contributed by atoms with Gasteiger partial charge in [0.2, 0.25) is 5.91 Å². The molecule has 0 aromatic heterocycles. The molecule has 6 heteroatoms. The van der Waals surface area contributed by atoms with Crippen LogP contribution in [0.3, 0.4) is 0 Å². The molecule has 0 heterocycles. The molecular formula is C23H33NO5. The van der Waals surface area contributed by atoms with Gasteiger partial charge in [-0.25, -0.2) is 0 Å². The van der Waals surface area contributed by atoms with Gasteiger partial charge in [-0.05, 0) is 68.7 Å². The molecule has 0 unspecified atom stereocenters. The van der Waals surface area contributed by atoms with Crippen molar-refractivity contribution in [2.45, 2.75) is 58.4 Å². The fourth-order valence-electron chi connectivity index (χ4n) is 3.36. The topological polar surface area (TPSA) is 73.9 Å². The second-order valence-electron chi connectivity index (χ2n) is 7.47. The largest absolute Gasteiger partial charge is 0.493 e. The fraction of sp³-hybridized carbons (Fsp3) is 0.565. The molecule has 6 nitrogen and oxygen atoms in total. The van der Waals surface area contributed by atoms with Gasteiger partial charge in [0.15, 0.2) is 11.5 Å². The average Bonchev–Trinajstić information content (AvgIpc) is 2.72. The van der Waals surface area contributed by atoms with Crippen LogP contribution in [0.25, 0.3) is 6.08 Å². The van der Waals surface area contributed by atoms with Crippen LogP contribution in [-0.4, -0.2) is 38.2 Å². The smallest absolute Gasteiger partial charge is 0.305 e. The van der Waals surface area contributed by atoms with Crippen molar-refractivity contribution in [1.82, 2.24) is 5.32 Å². The van der Waals surface area contributed by atoms with Crippen molar-refractivity contribution in [2.24, 2.45) is 5.92 Å². The number of carbonyl (C=O) groups excluding carboxylic acids is 2. The SMILES string of the molecule is CCOC(=O)CCCOc1ccc(C=CC(=O)N[C@H]2CC[C@H](C)CC2)cc1OC. The molecule has 160 valence electrons. The molecule has 0 bridgehead atoms. The molecule has 1 aliphatic rings. The summed E-state index contributed by atoms with van der Waals surface area (Å²) in [6.45, 7) is 4.83. The minimum Gasteiger partial charge on any atom is -0.493 e. The number of ether oxygens (including phenoxy) is 3. The highest BCUT2D eigenvalue weighted by Gasteiger charge is 2.18. The molecule has 1 N–H and O–H groups in total. The first kappa shape index (κ1) is 22.8. The lowest BCUT2D eigenvalue weighted by molar-refractivity contribution is -0.143. The first-order valence-electron chi connectivity index (χ1n) is 10.5. The predicted molar refractivity (Wildman–Crippen MR) is 113 cm³/mol. The Hall–Kier alpha value is -2.50. The van der Waals surface area contributed by atoms with Gasteiger partial charge in [-0.15, -0.1) is 0 Å². The predicted octanol–water partition coefficient (Wildman–Crippen LogP) is 4.13. The third-order valence-corrected chi connectivity index (χ3v) is 5.07. The van der Waals surface area contributed by atoms with Crippen LogP contribution in [0.2, 0.25) is 0 Å². The molecule has 1 aromatic rings. The Morgan fingerprint density at radius 1 is 1.17 bits per heavy atom. The van der Waals surface area contributed by atoms with Crippen molar-refractivity contribution < 1.29 is 23.8 Å². The Bertz CT molecular complexity index is 693. The van der Waals surface area contributed by atoms with E-state index >= 15 is 0 Å². The molecule has 1 saturated carbocycles. The van der Waals surface area contributed by atoms with Gasteiger partial charge in [0, 0.05) is 18.5 Å². The Labute approximate surface area is 173 Å². The number of esters is 1. The van der Waals surface area contributed by atoms with Crippen LogP contribution in [0.4, 0.5) is 0 Å². The van der Waals surface area contributed by atoms with Gasteiger partial charge in [-0.1, -0.05) is 13.0 Å². The van der Waals surface area contributed by atoms with Crippen molar-refractivity contribution in [3.05, 3.63) is 29.8 Å². The third kappa shape index (κ3) is 8.18. The second-order valence-corrected chi connectivity index (χ2v) is 7.47. The minimum absolute atomic E-state index is 0.0668. The van der Waals surface area contributed by atoms with Gasteiger partial charge in [-0.3, -0.25) is 9.59 Å². The van der Waals surface area contributed by atoms with E-state index in [1.807, 2.05) is 18.2 Å². The zero-order chi connectivity index (χ0) is 21.1. The lowest BCUT2D eigenvalue weighted by atomic mass is 9.87. The van der Waals surface area contributed by atoms with Crippen LogP contribution in [0.15, 0.2) is 24.3 Å². The first-order chi connectivity index (χ1) is 14.0. The Morgan fingerprint density at radius 2 is 1.93 bits per heavy atom. The summed E-state index contributed by atoms with van der Waals surface area (Å²) < 4.78 is 16.0. The number of hydrogen-bond donors (Lipinski definition) is 1. The summed E-state index contributed by atoms with van der Waals surface area (Å²) in [5.41, 5.74) is 0.855. The molecular weight excluding hydrogens is 370 g/mol. The molecule has 1 amide bonds. The summed E-state index contributed by atoms with van der Waals surface area (Å²) in [5, 5.41) is 3.08. The molecule has 1 aromatic carbocycles. The third-order valence-electron chi connectivity index (χ3n) is 5.07. The maximum absolute atomic E-state index is 12.2. The molecule has 1 fully saturated rings. The van der Waals surface area contributed by atoms with Crippen LogP contribution >= 0.6 is 0 Å². The fourth-order valence-corrected chi connectivity index (χ4v) is 3.36. The summed E-state index contributed by atoms with van der Waals surface area (Å²) in [4.78, 5) is 23.5. The molecule has 29 heavy (non-hydrogen) atoms. The van der Waals surface area contributed by atoms with E-state index in [9.17, 15) is 9.59 Å². The van der Waals surface area contributed by atoms with Crippen molar-refractivity contribution in [3.63, 3.8) is 0 Å². The molecule has 0 spiro atoms. The molecule has 0 atom stereocenters. The zero-order valence-electron chi connectivity index (χ0n) is 17.7. The molecule has 0 radical (unpaired) electrons. The normalized spacial score (nSPS) is 19.0. The van der Waals surface area contributed by atoms with Crippen molar-refractivity contribution in [2.75, 3.05) is 20.3 Å². The highest BCUT2D eigenvalue weighted by molar-refractivity contribution is 5.92. The van der Waals surface area contributed by atoms with Gasteiger partial charge in [-0.2, -0.15) is 0 Å². The quantitative estimate of drug-likeness (QED) is 0.361. The number of nitrogens with one attached hydrogen (secondary N) is 1. The van der Waals surface area contributed by atoms with Crippen molar-refractivity contribution in [3.8, 4) is 11.5 Å². The standard InChI is InChI=1S/C23H33NO5/c1-4-28-23(26)6-5-15-29-20-13-9-18(16-21(20)27-3)10-14-22(25)24-19-11-7-17(2)8-12-19/h9-10,13-14,16-17,19H,4-8,11-12,15H2,1-3H3,(H,24,25)/t17-,19-. The van der Waals surface area contributed by atoms with Gasteiger partial charge < -0.3 is 19.5 Å². The molecule has 2 rings (SSSR count). The van der Waals surface area contributed by atoms with E-state index < -0.39 is 0 Å². The Kier molecular flexibility index (Phi) is 9.54. The molecule has 0 saturated heterocycles. The second kappa shape index (κ2) is 12.1. The summed E-state index contributed by atoms with van der Waals surface area (Å²) in [6.07, 6.45) is 8.68. The summed E-state index contributed by atoms with van der Waals surface area (Å²) in [5.74, 6) is 1.67. The summed E-state index contributed by atoms with van der Waals surface area (Å²) in [6, 6.07) is 5.79. The lowest BCUT2D eigenvalue weighted by Gasteiger charge is -2.26. The average molecular weight is 404 g/mol. The molecule has 1 aliphatic carbocycles. The lowest BCUT2D eigenvalue weighted by Crippen LogP contribution is -2.36. The van der Waals surface area contributed by atoms with Crippen LogP contribution in [0, 0.1) is 5.92 Å². The Balaban J connectivity index is 1.83. The van der Waals surface area contributed by atoms with Crippen molar-refractivity contribution in [1.29, 1.82) is 0 Å². The molecule has 0 aliphatic heterocycles. The van der Waals surface area contributed by atoms with Gasteiger partial charge in [0.05, 0.1) is 20.3 Å². The maximum Gasteiger partial charge on any atom is 0.305 e. The Morgan fingerprint density at radius 3 is 2.62 bits per heavy atom. The van der Waals surface area contributed by atoms with E-state index in [0.29, 0.717) is 37.6 Å². The van der Waals surface area contributed by atoms with E-state index in [1.165, 1.54) is 12.8 Å². The highest BCUT2D eigenvalue weighted by atomic mass is 16.5. The van der Waals surface area contributed by atoms with Crippen LogP contribution in [-0.2, 0) is 14.3 Å². The number of methoxy groups -OCH3 is 1. The zero-order valence-corrected chi connectivity index (χ0v) is 17.7. The van der Waals surface area contributed by atoms with E-state index in [0.717, 1.165) is 24.3 Å². The summed E-state index contributed by atoms with van der Waals surface area (Å²) in [7, 11) is 1.57. The van der Waals surface area contributed by atoms with Gasteiger partial charge in [0.1, 0.15) is 0 Å². The highest BCUT2D eigenvalue weighted by Crippen LogP contribution is 2.29. The van der Waals surface area contributed by atoms with Crippen molar-refractivity contribution >= 4 is 18.0 Å². The van der Waals surface area contributed by atoms with Gasteiger partial charge in [0.25, 0.3) is 0 Å². The number of benzene rings is 1. The number of carbonyl (C=O) groups is 2. The van der Waals surface area contributed by atoms with Crippen LogP contribution in [0.5, 0.6) is 11.5 Å². The van der Waals surface area contributed by atoms with E-state index in [4.69, 9.17) is 14.2 Å². The van der Waals surface area contributed by atoms with E-state index in [1.54, 1.807) is 26.2 Å². The van der Waals surface area contributed by atoms with E-state index in [2.05, 4.69) is 12.2 Å². The van der Waals surface area contributed by atoms with E-state index in [-0.39, 0.29) is 17.9 Å².